The molecule has 0 atom stereocenters. The average Bonchev–Trinajstić information content (AvgIpc) is 2.36. The quantitative estimate of drug-likeness (QED) is 0.517. The second-order valence-electron chi connectivity index (χ2n) is 4.64. The Morgan fingerprint density at radius 1 is 1.21 bits per heavy atom. The van der Waals surface area contributed by atoms with Crippen LogP contribution in [0.1, 0.15) is 33.6 Å². The molecule has 0 spiro atoms. The van der Waals surface area contributed by atoms with Gasteiger partial charge in [0.2, 0.25) is 11.8 Å². The van der Waals surface area contributed by atoms with Crippen LogP contribution < -0.4 is 5.32 Å². The molecule has 2 amide bonds. The number of carbonyl (C=O) groups excluding carboxylic acids is 3. The Hall–Kier alpha value is -1.59. The molecule has 1 N–H and O–H groups in total. The molecule has 110 valence electrons. The number of nitrogens with one attached hydrogen (secondary N) is 1. The SMILES string of the molecule is COC(=O)CCN(CCCNC(C)=O)C(=O)C(C)C. The smallest absolute Gasteiger partial charge is 0.307 e. The number of nitrogens with zero attached hydrogens (tertiary/aromatic N) is 1. The molecule has 0 radical (unpaired) electrons. The summed E-state index contributed by atoms with van der Waals surface area (Å²) < 4.78 is 4.56. The molecule has 0 aromatic heterocycles. The summed E-state index contributed by atoms with van der Waals surface area (Å²) in [5.74, 6) is -0.523. The summed E-state index contributed by atoms with van der Waals surface area (Å²) in [6.07, 6.45) is 0.855. The predicted molar refractivity (Wildman–Crippen MR) is 71.4 cm³/mol. The van der Waals surface area contributed by atoms with E-state index >= 15 is 0 Å². The summed E-state index contributed by atoms with van der Waals surface area (Å²) >= 11 is 0. The lowest BCUT2D eigenvalue weighted by Crippen LogP contribution is -2.38. The van der Waals surface area contributed by atoms with E-state index in [0.717, 1.165) is 0 Å². The average molecular weight is 272 g/mol. The van der Waals surface area contributed by atoms with Crippen LogP contribution in [0.4, 0.5) is 0 Å². The minimum absolute atomic E-state index is 0.00623. The summed E-state index contributed by atoms with van der Waals surface area (Å²) in [5, 5.41) is 2.68. The van der Waals surface area contributed by atoms with E-state index in [4.69, 9.17) is 0 Å². The third-order valence-electron chi connectivity index (χ3n) is 2.60. The highest BCUT2D eigenvalue weighted by molar-refractivity contribution is 5.79. The zero-order chi connectivity index (χ0) is 14.8. The Balaban J connectivity index is 4.22. The van der Waals surface area contributed by atoms with Crippen LogP contribution in [0.25, 0.3) is 0 Å². The maximum absolute atomic E-state index is 12.0. The van der Waals surface area contributed by atoms with Gasteiger partial charge in [-0.2, -0.15) is 0 Å². The van der Waals surface area contributed by atoms with Crippen molar-refractivity contribution >= 4 is 17.8 Å². The lowest BCUT2D eigenvalue weighted by Gasteiger charge is -2.24. The normalized spacial score (nSPS) is 10.2. The summed E-state index contributed by atoms with van der Waals surface area (Å²) in [6.45, 7) is 6.49. The molecular formula is C13H24N2O4. The predicted octanol–water partition coefficient (Wildman–Crippen LogP) is 0.560. The van der Waals surface area contributed by atoms with Crippen molar-refractivity contribution in [3.63, 3.8) is 0 Å². The van der Waals surface area contributed by atoms with Gasteiger partial charge in [0.25, 0.3) is 0 Å². The highest BCUT2D eigenvalue weighted by atomic mass is 16.5. The minimum Gasteiger partial charge on any atom is -0.469 e. The first kappa shape index (κ1) is 17.4. The number of hydrogen-bond acceptors (Lipinski definition) is 4. The molecule has 6 nitrogen and oxygen atoms in total. The lowest BCUT2D eigenvalue weighted by molar-refractivity contribution is -0.142. The van der Waals surface area contributed by atoms with Crippen LogP contribution in [0.3, 0.4) is 0 Å². The molecule has 0 aliphatic heterocycles. The molecule has 0 unspecified atom stereocenters. The highest BCUT2D eigenvalue weighted by Crippen LogP contribution is 2.04. The monoisotopic (exact) mass is 272 g/mol. The summed E-state index contributed by atoms with van der Waals surface area (Å²) in [6, 6.07) is 0. The Labute approximate surface area is 114 Å². The van der Waals surface area contributed by atoms with Gasteiger partial charge in [-0.25, -0.2) is 0 Å². The van der Waals surface area contributed by atoms with E-state index in [1.54, 1.807) is 4.90 Å². The fraction of sp³-hybridized carbons (Fsp3) is 0.769. The van der Waals surface area contributed by atoms with Gasteiger partial charge in [0.15, 0.2) is 0 Å². The van der Waals surface area contributed by atoms with Gasteiger partial charge < -0.3 is 15.0 Å². The Morgan fingerprint density at radius 2 is 1.84 bits per heavy atom. The standard InChI is InChI=1S/C13H24N2O4/c1-10(2)13(18)15(9-6-12(17)19-4)8-5-7-14-11(3)16/h10H,5-9H2,1-4H3,(H,14,16). The maximum Gasteiger partial charge on any atom is 0.307 e. The van der Waals surface area contributed by atoms with Gasteiger partial charge in [-0.15, -0.1) is 0 Å². The van der Waals surface area contributed by atoms with Crippen LogP contribution in [0, 0.1) is 5.92 Å². The van der Waals surface area contributed by atoms with E-state index < -0.39 is 0 Å². The molecule has 0 aromatic rings. The van der Waals surface area contributed by atoms with Crippen molar-refractivity contribution in [3.05, 3.63) is 0 Å². The number of amides is 2. The Bertz CT molecular complexity index is 316. The van der Waals surface area contributed by atoms with Gasteiger partial charge in [-0.05, 0) is 6.42 Å². The van der Waals surface area contributed by atoms with Crippen LogP contribution >= 0.6 is 0 Å². The van der Waals surface area contributed by atoms with Crippen molar-refractivity contribution in [1.82, 2.24) is 10.2 Å². The second-order valence-corrected chi connectivity index (χ2v) is 4.64. The van der Waals surface area contributed by atoms with Crippen molar-refractivity contribution in [2.24, 2.45) is 5.92 Å². The third-order valence-corrected chi connectivity index (χ3v) is 2.60. The van der Waals surface area contributed by atoms with E-state index in [1.807, 2.05) is 13.8 Å². The van der Waals surface area contributed by atoms with Crippen molar-refractivity contribution in [2.45, 2.75) is 33.6 Å². The van der Waals surface area contributed by atoms with Gasteiger partial charge in [-0.3, -0.25) is 14.4 Å². The van der Waals surface area contributed by atoms with Crippen LogP contribution in [-0.4, -0.2) is 49.4 Å². The molecule has 0 aromatic carbocycles. The van der Waals surface area contributed by atoms with Gasteiger partial charge in [0, 0.05) is 32.5 Å². The molecule has 0 saturated heterocycles. The molecule has 0 fully saturated rings. The van der Waals surface area contributed by atoms with E-state index in [0.29, 0.717) is 26.1 Å². The van der Waals surface area contributed by atoms with Crippen LogP contribution in [-0.2, 0) is 19.1 Å². The number of ether oxygens (including phenoxy) is 1. The highest BCUT2D eigenvalue weighted by Gasteiger charge is 2.17. The van der Waals surface area contributed by atoms with Crippen LogP contribution in [0.15, 0.2) is 0 Å². The van der Waals surface area contributed by atoms with Crippen molar-refractivity contribution in [1.29, 1.82) is 0 Å². The number of rotatable bonds is 8. The summed E-state index contributed by atoms with van der Waals surface area (Å²) in [5.41, 5.74) is 0. The number of esters is 1. The molecule has 0 heterocycles. The van der Waals surface area contributed by atoms with Crippen molar-refractivity contribution in [2.75, 3.05) is 26.7 Å². The van der Waals surface area contributed by atoms with E-state index in [1.165, 1.54) is 14.0 Å². The number of carbonyl (C=O) groups is 3. The van der Waals surface area contributed by atoms with Gasteiger partial charge in [-0.1, -0.05) is 13.8 Å². The van der Waals surface area contributed by atoms with Gasteiger partial charge >= 0.3 is 5.97 Å². The zero-order valence-electron chi connectivity index (χ0n) is 12.2. The van der Waals surface area contributed by atoms with E-state index in [-0.39, 0.29) is 30.1 Å². The Morgan fingerprint density at radius 3 is 2.32 bits per heavy atom. The zero-order valence-corrected chi connectivity index (χ0v) is 12.2. The van der Waals surface area contributed by atoms with E-state index in [9.17, 15) is 14.4 Å². The Kier molecular flexibility index (Phi) is 8.57. The summed E-state index contributed by atoms with van der Waals surface area (Å²) in [4.78, 5) is 35.4. The molecule has 0 saturated carbocycles. The second kappa shape index (κ2) is 9.35. The van der Waals surface area contributed by atoms with Gasteiger partial charge in [0.1, 0.15) is 0 Å². The van der Waals surface area contributed by atoms with Crippen LogP contribution in [0.2, 0.25) is 0 Å². The fourth-order valence-electron chi connectivity index (χ4n) is 1.56. The molecule has 0 aliphatic rings. The lowest BCUT2D eigenvalue weighted by atomic mass is 10.1. The molecule has 19 heavy (non-hydrogen) atoms. The molecule has 0 bridgehead atoms. The molecule has 0 rings (SSSR count). The van der Waals surface area contributed by atoms with E-state index in [2.05, 4.69) is 10.1 Å². The van der Waals surface area contributed by atoms with Crippen molar-refractivity contribution in [3.8, 4) is 0 Å². The maximum atomic E-state index is 12.0. The number of hydrogen-bond donors (Lipinski definition) is 1. The largest absolute Gasteiger partial charge is 0.469 e. The molecule has 0 aliphatic carbocycles. The number of methoxy groups -OCH3 is 1. The van der Waals surface area contributed by atoms with Crippen LogP contribution in [0.5, 0.6) is 0 Å². The van der Waals surface area contributed by atoms with Crippen molar-refractivity contribution < 1.29 is 19.1 Å². The molecular weight excluding hydrogens is 248 g/mol. The first-order valence-electron chi connectivity index (χ1n) is 6.48. The molecule has 6 heteroatoms. The third kappa shape index (κ3) is 8.18. The fourth-order valence-corrected chi connectivity index (χ4v) is 1.56. The first-order chi connectivity index (χ1) is 8.88. The minimum atomic E-state index is -0.330. The topological polar surface area (TPSA) is 75.7 Å². The first-order valence-corrected chi connectivity index (χ1v) is 6.48. The summed E-state index contributed by atoms with van der Waals surface area (Å²) in [7, 11) is 1.33. The van der Waals surface area contributed by atoms with Gasteiger partial charge in [0.05, 0.1) is 13.5 Å².